The molecule has 0 radical (unpaired) electrons. The van der Waals surface area contributed by atoms with Gasteiger partial charge in [-0.1, -0.05) is 0 Å². The van der Waals surface area contributed by atoms with Gasteiger partial charge in [-0.3, -0.25) is 10.1 Å². The molecule has 7 nitrogen and oxygen atoms in total. The smallest absolute Gasteiger partial charge is 0.397 e. The Bertz CT molecular complexity index is 508. The number of rotatable bonds is 2. The molecule has 0 bridgehead atoms. The van der Waals surface area contributed by atoms with Gasteiger partial charge in [0.1, 0.15) is 23.6 Å². The van der Waals surface area contributed by atoms with E-state index in [-0.39, 0.29) is 0 Å². The third-order valence-corrected chi connectivity index (χ3v) is 1.57. The number of alkyl halides is 3. The zero-order chi connectivity index (χ0) is 13.2. The van der Waals surface area contributed by atoms with Crippen molar-refractivity contribution in [2.24, 2.45) is 0 Å². The van der Waals surface area contributed by atoms with Crippen molar-refractivity contribution in [3.8, 4) is 11.8 Å². The molecular weight excluding hydrogens is 245 g/mol. The number of hydrogen-bond donors (Lipinski definition) is 1. The molecule has 0 saturated heterocycles. The van der Waals surface area contributed by atoms with Crippen molar-refractivity contribution in [1.29, 1.82) is 5.26 Å². The van der Waals surface area contributed by atoms with Crippen molar-refractivity contribution >= 4 is 11.5 Å². The quantitative estimate of drug-likeness (QED) is 0.623. The molecule has 90 valence electrons. The highest BCUT2D eigenvalue weighted by Gasteiger charge is 2.37. The van der Waals surface area contributed by atoms with E-state index >= 15 is 0 Å². The molecule has 0 unspecified atom stereocenters. The van der Waals surface area contributed by atoms with E-state index in [1.165, 1.54) is 6.07 Å². The average molecular weight is 248 g/mol. The van der Waals surface area contributed by atoms with E-state index < -0.39 is 34.1 Å². The predicted molar refractivity (Wildman–Crippen MR) is 46.7 cm³/mol. The molecule has 0 aromatic carbocycles. The van der Waals surface area contributed by atoms with Gasteiger partial charge in [0.05, 0.1) is 4.92 Å². The summed E-state index contributed by atoms with van der Waals surface area (Å²) in [5.41, 5.74) is 3.19. The Morgan fingerprint density at radius 2 is 2.18 bits per heavy atom. The van der Waals surface area contributed by atoms with Gasteiger partial charge in [-0.25, -0.2) is 4.98 Å². The third-order valence-electron chi connectivity index (χ3n) is 1.57. The first kappa shape index (κ1) is 12.5. The van der Waals surface area contributed by atoms with Crippen molar-refractivity contribution in [2.75, 3.05) is 5.73 Å². The van der Waals surface area contributed by atoms with Gasteiger partial charge in [0.15, 0.2) is 0 Å². The van der Waals surface area contributed by atoms with Gasteiger partial charge in [-0.05, 0) is 0 Å². The highest BCUT2D eigenvalue weighted by atomic mass is 19.4. The Labute approximate surface area is 91.4 Å². The van der Waals surface area contributed by atoms with Gasteiger partial charge in [0.25, 0.3) is 0 Å². The van der Waals surface area contributed by atoms with Crippen LogP contribution in [0.5, 0.6) is 5.75 Å². The van der Waals surface area contributed by atoms with Crippen LogP contribution < -0.4 is 10.5 Å². The van der Waals surface area contributed by atoms with Crippen LogP contribution in [0.25, 0.3) is 0 Å². The molecule has 0 amide bonds. The Hall–Kier alpha value is -2.57. The van der Waals surface area contributed by atoms with Crippen LogP contribution in [-0.4, -0.2) is 16.3 Å². The summed E-state index contributed by atoms with van der Waals surface area (Å²) < 4.78 is 39.5. The highest BCUT2D eigenvalue weighted by Crippen LogP contribution is 2.36. The van der Waals surface area contributed by atoms with Crippen LogP contribution in [0.2, 0.25) is 0 Å². The molecule has 0 saturated carbocycles. The molecule has 1 rings (SSSR count). The van der Waals surface area contributed by atoms with Crippen molar-refractivity contribution in [1.82, 2.24) is 4.98 Å². The Morgan fingerprint density at radius 1 is 1.59 bits per heavy atom. The SMILES string of the molecule is N#Cc1c(N)ncc([N+](=O)[O-])c1OC(F)(F)F. The molecule has 0 fully saturated rings. The fourth-order valence-electron chi connectivity index (χ4n) is 0.955. The molecule has 0 atom stereocenters. The summed E-state index contributed by atoms with van der Waals surface area (Å²) >= 11 is 0. The van der Waals surface area contributed by atoms with E-state index in [9.17, 15) is 23.3 Å². The number of aromatic nitrogens is 1. The summed E-state index contributed by atoms with van der Waals surface area (Å²) in [5, 5.41) is 19.0. The summed E-state index contributed by atoms with van der Waals surface area (Å²) in [6.07, 6.45) is -4.69. The standard InChI is InChI=1S/C7H3F3N4O3/c8-7(9,10)17-5-3(1-11)6(12)13-2-4(5)14(15)16/h2H,(H2,12,13). The van der Waals surface area contributed by atoms with Crippen LogP contribution >= 0.6 is 0 Å². The minimum Gasteiger partial charge on any atom is -0.397 e. The lowest BCUT2D eigenvalue weighted by Gasteiger charge is -2.10. The fourth-order valence-corrected chi connectivity index (χ4v) is 0.955. The Kier molecular flexibility index (Phi) is 3.03. The highest BCUT2D eigenvalue weighted by molar-refractivity contribution is 5.64. The first-order valence-corrected chi connectivity index (χ1v) is 3.85. The minimum atomic E-state index is -5.18. The van der Waals surface area contributed by atoms with E-state index in [2.05, 4.69) is 9.72 Å². The lowest BCUT2D eigenvalue weighted by atomic mass is 10.2. The molecule has 1 aromatic heterocycles. The van der Waals surface area contributed by atoms with E-state index in [0.29, 0.717) is 6.20 Å². The van der Waals surface area contributed by atoms with E-state index in [1.54, 1.807) is 0 Å². The molecule has 0 aliphatic rings. The number of nitrogens with zero attached hydrogens (tertiary/aromatic N) is 3. The Balaban J connectivity index is 3.46. The molecule has 17 heavy (non-hydrogen) atoms. The summed E-state index contributed by atoms with van der Waals surface area (Å²) in [6.45, 7) is 0. The summed E-state index contributed by atoms with van der Waals surface area (Å²) in [6, 6.07) is 1.26. The maximum atomic E-state index is 12.0. The van der Waals surface area contributed by atoms with Crippen LogP contribution in [0.4, 0.5) is 24.7 Å². The van der Waals surface area contributed by atoms with Crippen molar-refractivity contribution in [3.63, 3.8) is 0 Å². The molecule has 0 spiro atoms. The van der Waals surface area contributed by atoms with Crippen LogP contribution in [0.1, 0.15) is 5.56 Å². The molecule has 0 aliphatic heterocycles. The summed E-state index contributed by atoms with van der Waals surface area (Å²) in [4.78, 5) is 12.5. The zero-order valence-corrected chi connectivity index (χ0v) is 7.85. The normalized spacial score (nSPS) is 10.7. The monoisotopic (exact) mass is 248 g/mol. The number of anilines is 1. The fraction of sp³-hybridized carbons (Fsp3) is 0.143. The van der Waals surface area contributed by atoms with E-state index in [0.717, 1.165) is 0 Å². The lowest BCUT2D eigenvalue weighted by Crippen LogP contribution is -2.19. The van der Waals surface area contributed by atoms with Crippen molar-refractivity contribution < 1.29 is 22.8 Å². The van der Waals surface area contributed by atoms with Crippen molar-refractivity contribution in [3.05, 3.63) is 21.9 Å². The van der Waals surface area contributed by atoms with Gasteiger partial charge in [0.2, 0.25) is 5.75 Å². The number of nitriles is 1. The first-order chi connectivity index (χ1) is 7.76. The minimum absolute atomic E-state index is 0.483. The van der Waals surface area contributed by atoms with Gasteiger partial charge >= 0.3 is 12.0 Å². The maximum absolute atomic E-state index is 12.0. The first-order valence-electron chi connectivity index (χ1n) is 3.85. The summed E-state index contributed by atoms with van der Waals surface area (Å²) in [5.74, 6) is -1.85. The second kappa shape index (κ2) is 4.12. The number of halogens is 3. The van der Waals surface area contributed by atoms with Crippen molar-refractivity contribution in [2.45, 2.75) is 6.36 Å². The largest absolute Gasteiger partial charge is 0.573 e. The molecule has 1 heterocycles. The molecule has 10 heteroatoms. The van der Waals surface area contributed by atoms with Gasteiger partial charge in [0, 0.05) is 0 Å². The van der Waals surface area contributed by atoms with E-state index in [4.69, 9.17) is 11.0 Å². The number of hydrogen-bond acceptors (Lipinski definition) is 6. The van der Waals surface area contributed by atoms with Crippen LogP contribution in [0, 0.1) is 21.4 Å². The van der Waals surface area contributed by atoms with Gasteiger partial charge in [-0.15, -0.1) is 13.2 Å². The zero-order valence-electron chi connectivity index (χ0n) is 7.85. The van der Waals surface area contributed by atoms with Gasteiger partial charge < -0.3 is 10.5 Å². The van der Waals surface area contributed by atoms with Gasteiger partial charge in [-0.2, -0.15) is 5.26 Å². The second-order valence-electron chi connectivity index (χ2n) is 2.65. The van der Waals surface area contributed by atoms with E-state index in [1.807, 2.05) is 0 Å². The molecule has 1 aromatic rings. The van der Waals surface area contributed by atoms with Crippen LogP contribution in [-0.2, 0) is 0 Å². The van der Waals surface area contributed by atoms with Crippen LogP contribution in [0.15, 0.2) is 6.20 Å². The predicted octanol–water partition coefficient (Wildman–Crippen LogP) is 1.34. The number of nitro groups is 1. The molecule has 2 N–H and O–H groups in total. The van der Waals surface area contributed by atoms with Crippen LogP contribution in [0.3, 0.4) is 0 Å². The lowest BCUT2D eigenvalue weighted by molar-refractivity contribution is -0.389. The number of ether oxygens (including phenoxy) is 1. The number of pyridine rings is 1. The number of nitrogens with two attached hydrogens (primary N) is 1. The molecule has 0 aliphatic carbocycles. The second-order valence-corrected chi connectivity index (χ2v) is 2.65. The Morgan fingerprint density at radius 3 is 2.59 bits per heavy atom. The third kappa shape index (κ3) is 2.71. The topological polar surface area (TPSA) is 115 Å². The summed E-state index contributed by atoms with van der Waals surface area (Å²) in [7, 11) is 0. The number of nitrogen functional groups attached to an aromatic ring is 1. The maximum Gasteiger partial charge on any atom is 0.573 e. The average Bonchev–Trinajstić information content (AvgIpc) is 2.15. The molecular formula is C7H3F3N4O3.